The highest BCUT2D eigenvalue weighted by Crippen LogP contribution is 2.21. The lowest BCUT2D eigenvalue weighted by Gasteiger charge is -2.03. The van der Waals surface area contributed by atoms with Crippen LogP contribution in [0.1, 0.15) is 25.8 Å². The number of imidazole rings is 1. The van der Waals surface area contributed by atoms with Crippen LogP contribution in [0.15, 0.2) is 39.8 Å². The van der Waals surface area contributed by atoms with E-state index in [0.717, 1.165) is 0 Å². The molecule has 0 radical (unpaired) electrons. The Morgan fingerprint density at radius 1 is 1.35 bits per heavy atom. The Bertz CT molecular complexity index is 810. The van der Waals surface area contributed by atoms with Gasteiger partial charge >= 0.3 is 5.69 Å². The summed E-state index contributed by atoms with van der Waals surface area (Å²) in [5.74, 6) is 0.474. The van der Waals surface area contributed by atoms with Crippen LogP contribution in [0.3, 0.4) is 0 Å². The Balaban J connectivity index is 1.97. The molecule has 0 bridgehead atoms. The summed E-state index contributed by atoms with van der Waals surface area (Å²) >= 11 is 0. The van der Waals surface area contributed by atoms with Crippen LogP contribution in [-0.4, -0.2) is 14.1 Å². The summed E-state index contributed by atoms with van der Waals surface area (Å²) in [6, 6.07) is 5.52. The molecule has 0 atom stereocenters. The summed E-state index contributed by atoms with van der Waals surface area (Å²) < 4.78 is 8.85. The zero-order valence-electron chi connectivity index (χ0n) is 11.4. The molecule has 6 nitrogen and oxygen atoms in total. The molecule has 0 saturated carbocycles. The van der Waals surface area contributed by atoms with Crippen LogP contribution in [-0.2, 0) is 6.54 Å². The second kappa shape index (κ2) is 4.56. The van der Waals surface area contributed by atoms with Gasteiger partial charge in [0.1, 0.15) is 12.1 Å². The lowest BCUT2D eigenvalue weighted by atomic mass is 10.3. The third-order valence-electron chi connectivity index (χ3n) is 3.23. The number of hydrogen-bond acceptors (Lipinski definition) is 4. The third-order valence-corrected chi connectivity index (χ3v) is 3.23. The highest BCUT2D eigenvalue weighted by molar-refractivity contribution is 5.85. The minimum absolute atomic E-state index is 0.0739. The molecule has 0 unspecified atom stereocenters. The number of nitrogens with zero attached hydrogens (tertiary/aromatic N) is 3. The lowest BCUT2D eigenvalue weighted by Crippen LogP contribution is -2.25. The van der Waals surface area contributed by atoms with Gasteiger partial charge in [-0.3, -0.25) is 9.13 Å². The van der Waals surface area contributed by atoms with Crippen molar-refractivity contribution < 1.29 is 4.42 Å². The van der Waals surface area contributed by atoms with Gasteiger partial charge in [0.2, 0.25) is 5.89 Å². The van der Waals surface area contributed by atoms with Crippen molar-refractivity contribution in [2.75, 3.05) is 5.73 Å². The first-order valence-corrected chi connectivity index (χ1v) is 6.47. The summed E-state index contributed by atoms with van der Waals surface area (Å²) in [6.45, 7) is 4.23. The van der Waals surface area contributed by atoms with Crippen molar-refractivity contribution in [1.82, 2.24) is 14.1 Å². The second-order valence-corrected chi connectivity index (χ2v) is 5.01. The van der Waals surface area contributed by atoms with Crippen molar-refractivity contribution in [2.45, 2.75) is 26.4 Å². The van der Waals surface area contributed by atoms with Gasteiger partial charge in [-0.25, -0.2) is 9.78 Å². The van der Waals surface area contributed by atoms with Crippen LogP contribution in [0.5, 0.6) is 0 Å². The molecule has 0 spiro atoms. The summed E-state index contributed by atoms with van der Waals surface area (Å²) in [6.07, 6.45) is 3.50. The second-order valence-electron chi connectivity index (χ2n) is 5.01. The Hall–Kier alpha value is -2.50. The molecule has 0 aliphatic rings. The van der Waals surface area contributed by atoms with E-state index >= 15 is 0 Å². The molecule has 2 N–H and O–H groups in total. The molecule has 20 heavy (non-hydrogen) atoms. The molecule has 0 aliphatic heterocycles. The average molecular weight is 272 g/mol. The van der Waals surface area contributed by atoms with Crippen molar-refractivity contribution in [3.8, 4) is 0 Å². The predicted molar refractivity (Wildman–Crippen MR) is 76.6 cm³/mol. The molecule has 1 aromatic carbocycles. The maximum Gasteiger partial charge on any atom is 0.328 e. The Kier molecular flexibility index (Phi) is 2.85. The van der Waals surface area contributed by atoms with Gasteiger partial charge in [-0.1, -0.05) is 6.07 Å². The topological polar surface area (TPSA) is 79.0 Å². The fraction of sp³-hybridized carbons (Fsp3) is 0.286. The van der Waals surface area contributed by atoms with E-state index in [-0.39, 0.29) is 11.7 Å². The van der Waals surface area contributed by atoms with Crippen LogP contribution < -0.4 is 11.4 Å². The quantitative estimate of drug-likeness (QED) is 0.740. The number of aromatic nitrogens is 3. The normalized spacial score (nSPS) is 11.6. The average Bonchev–Trinajstić information content (AvgIpc) is 2.95. The molecule has 0 fully saturated rings. The summed E-state index contributed by atoms with van der Waals surface area (Å²) in [5.41, 5.74) is 7.61. The molecule has 2 aromatic heterocycles. The standard InChI is InChI=1S/C14H16N4O2/c1-9(2)18-7-6-17(14(18)19)8-12-16-13-10(15)4-3-5-11(13)20-12/h3-7,9H,8,15H2,1-2H3. The van der Waals surface area contributed by atoms with Gasteiger partial charge in [0.15, 0.2) is 5.58 Å². The highest BCUT2D eigenvalue weighted by atomic mass is 16.3. The van der Waals surface area contributed by atoms with E-state index < -0.39 is 0 Å². The number of fused-ring (bicyclic) bond motifs is 1. The number of rotatable bonds is 3. The van der Waals surface area contributed by atoms with E-state index in [2.05, 4.69) is 4.98 Å². The first kappa shape index (κ1) is 12.5. The summed E-state index contributed by atoms with van der Waals surface area (Å²) in [7, 11) is 0. The van der Waals surface area contributed by atoms with Gasteiger partial charge in [0.25, 0.3) is 0 Å². The van der Waals surface area contributed by atoms with E-state index in [0.29, 0.717) is 29.2 Å². The predicted octanol–water partition coefficient (Wildman–Crippen LogP) is 2.00. The minimum Gasteiger partial charge on any atom is -0.439 e. The number of para-hydroxylation sites is 1. The van der Waals surface area contributed by atoms with Crippen LogP contribution in [0, 0.1) is 0 Å². The first-order chi connectivity index (χ1) is 9.56. The van der Waals surface area contributed by atoms with Gasteiger partial charge in [0.05, 0.1) is 5.69 Å². The zero-order chi connectivity index (χ0) is 14.3. The number of oxazole rings is 1. The fourth-order valence-corrected chi connectivity index (χ4v) is 2.17. The molecule has 104 valence electrons. The molecular weight excluding hydrogens is 256 g/mol. The molecule has 2 heterocycles. The van der Waals surface area contributed by atoms with Crippen LogP contribution in [0.25, 0.3) is 11.1 Å². The number of hydrogen-bond donors (Lipinski definition) is 1. The van der Waals surface area contributed by atoms with Crippen LogP contribution in [0.4, 0.5) is 5.69 Å². The third kappa shape index (κ3) is 1.99. The van der Waals surface area contributed by atoms with E-state index in [1.165, 1.54) is 0 Å². The summed E-state index contributed by atoms with van der Waals surface area (Å²) in [4.78, 5) is 16.5. The van der Waals surface area contributed by atoms with E-state index in [1.54, 1.807) is 27.6 Å². The molecule has 6 heteroatoms. The number of anilines is 1. The largest absolute Gasteiger partial charge is 0.439 e. The minimum atomic E-state index is -0.0739. The molecule has 0 amide bonds. The fourth-order valence-electron chi connectivity index (χ4n) is 2.17. The highest BCUT2D eigenvalue weighted by Gasteiger charge is 2.11. The zero-order valence-corrected chi connectivity index (χ0v) is 11.4. The lowest BCUT2D eigenvalue weighted by molar-refractivity contribution is 0.493. The molecular formula is C14H16N4O2. The van der Waals surface area contributed by atoms with Crippen molar-refractivity contribution >= 4 is 16.8 Å². The van der Waals surface area contributed by atoms with Gasteiger partial charge in [-0.15, -0.1) is 0 Å². The van der Waals surface area contributed by atoms with Crippen LogP contribution >= 0.6 is 0 Å². The molecule has 0 aliphatic carbocycles. The van der Waals surface area contributed by atoms with Crippen LogP contribution in [0.2, 0.25) is 0 Å². The number of nitrogen functional groups attached to an aromatic ring is 1. The Morgan fingerprint density at radius 3 is 2.80 bits per heavy atom. The van der Waals surface area contributed by atoms with Gasteiger partial charge in [-0.05, 0) is 26.0 Å². The van der Waals surface area contributed by atoms with Crippen molar-refractivity contribution in [2.24, 2.45) is 0 Å². The summed E-state index contributed by atoms with van der Waals surface area (Å²) in [5, 5.41) is 0. The smallest absolute Gasteiger partial charge is 0.328 e. The Morgan fingerprint density at radius 2 is 2.15 bits per heavy atom. The van der Waals surface area contributed by atoms with E-state index in [9.17, 15) is 4.79 Å². The monoisotopic (exact) mass is 272 g/mol. The molecule has 3 aromatic rings. The molecule has 0 saturated heterocycles. The first-order valence-electron chi connectivity index (χ1n) is 6.47. The van der Waals surface area contributed by atoms with Gasteiger partial charge < -0.3 is 10.2 Å². The van der Waals surface area contributed by atoms with Crippen molar-refractivity contribution in [3.05, 3.63) is 47.0 Å². The van der Waals surface area contributed by atoms with Crippen molar-refractivity contribution in [1.29, 1.82) is 0 Å². The van der Waals surface area contributed by atoms with E-state index in [1.807, 2.05) is 26.0 Å². The Labute approximate surface area is 115 Å². The molecule has 3 rings (SSSR count). The van der Waals surface area contributed by atoms with E-state index in [4.69, 9.17) is 10.2 Å². The number of nitrogens with two attached hydrogens (primary N) is 1. The number of benzene rings is 1. The van der Waals surface area contributed by atoms with Gasteiger partial charge in [0, 0.05) is 18.4 Å². The SMILES string of the molecule is CC(C)n1ccn(Cc2nc3c(N)cccc3o2)c1=O. The van der Waals surface area contributed by atoms with Gasteiger partial charge in [-0.2, -0.15) is 0 Å². The maximum atomic E-state index is 12.1. The maximum absolute atomic E-state index is 12.1. The van der Waals surface area contributed by atoms with Crippen molar-refractivity contribution in [3.63, 3.8) is 0 Å².